The van der Waals surface area contributed by atoms with E-state index in [0.717, 1.165) is 11.3 Å². The predicted molar refractivity (Wildman–Crippen MR) is 105 cm³/mol. The van der Waals surface area contributed by atoms with Crippen LogP contribution in [0.1, 0.15) is 31.0 Å². The highest BCUT2D eigenvalue weighted by Crippen LogP contribution is 2.35. The van der Waals surface area contributed by atoms with Crippen molar-refractivity contribution in [3.05, 3.63) is 59.9 Å². The lowest BCUT2D eigenvalue weighted by Gasteiger charge is -2.19. The summed E-state index contributed by atoms with van der Waals surface area (Å²) in [4.78, 5) is 21.7. The summed E-state index contributed by atoms with van der Waals surface area (Å²) in [5, 5.41) is 7.18. The summed E-state index contributed by atoms with van der Waals surface area (Å²) < 4.78 is 20.9. The molecule has 3 heterocycles. The van der Waals surface area contributed by atoms with Gasteiger partial charge in [0.2, 0.25) is 5.91 Å². The Morgan fingerprint density at radius 1 is 1.28 bits per heavy atom. The molecule has 4 rings (SSSR count). The second-order valence-corrected chi connectivity index (χ2v) is 6.94. The maximum atomic E-state index is 13.2. The van der Waals surface area contributed by atoms with E-state index in [-0.39, 0.29) is 23.7 Å². The number of anilines is 1. The molecule has 0 radical (unpaired) electrons. The molecule has 2 aromatic heterocycles. The number of nitrogens with zero attached hydrogens (tertiary/aromatic N) is 4. The molecule has 1 amide bonds. The third-order valence-electron chi connectivity index (χ3n) is 5.00. The number of nitrogens with one attached hydrogen (secondary N) is 1. The molecule has 2 atom stereocenters. The molecule has 1 fully saturated rings. The lowest BCUT2D eigenvalue weighted by molar-refractivity contribution is -0.121. The molecule has 1 N–H and O–H groups in total. The number of rotatable bonds is 5. The predicted octanol–water partition coefficient (Wildman–Crippen LogP) is 3.52. The van der Waals surface area contributed by atoms with Crippen molar-refractivity contribution in [1.82, 2.24) is 19.7 Å². The Morgan fingerprint density at radius 2 is 2.07 bits per heavy atom. The Labute approximate surface area is 167 Å². The Bertz CT molecular complexity index is 1020. The normalized spacial score (nSPS) is 18.7. The number of aromatic nitrogens is 4. The largest absolute Gasteiger partial charge is 0.371 e. The molecule has 1 aliphatic rings. The summed E-state index contributed by atoms with van der Waals surface area (Å²) in [5.41, 5.74) is 2.27. The van der Waals surface area contributed by atoms with E-state index in [1.54, 1.807) is 31.3 Å². The summed E-state index contributed by atoms with van der Waals surface area (Å²) >= 11 is 0. The quantitative estimate of drug-likeness (QED) is 0.715. The monoisotopic (exact) mass is 395 g/mol. The van der Waals surface area contributed by atoms with E-state index in [1.165, 1.54) is 12.1 Å². The van der Waals surface area contributed by atoms with Crippen LogP contribution in [0.15, 0.2) is 42.6 Å². The van der Waals surface area contributed by atoms with Crippen LogP contribution in [0, 0.1) is 18.7 Å². The average Bonchev–Trinajstić information content (AvgIpc) is 3.36. The van der Waals surface area contributed by atoms with Crippen LogP contribution in [0.3, 0.4) is 0 Å². The van der Waals surface area contributed by atoms with Gasteiger partial charge in [-0.1, -0.05) is 0 Å². The van der Waals surface area contributed by atoms with Gasteiger partial charge in [0.05, 0.1) is 17.3 Å². The van der Waals surface area contributed by atoms with Gasteiger partial charge in [0.25, 0.3) is 0 Å². The zero-order valence-corrected chi connectivity index (χ0v) is 16.3. The van der Waals surface area contributed by atoms with Crippen molar-refractivity contribution in [1.29, 1.82) is 0 Å². The number of amides is 1. The van der Waals surface area contributed by atoms with Gasteiger partial charge >= 0.3 is 0 Å². The highest BCUT2D eigenvalue weighted by Gasteiger charge is 2.37. The van der Waals surface area contributed by atoms with Crippen molar-refractivity contribution in [2.75, 3.05) is 11.9 Å². The summed E-state index contributed by atoms with van der Waals surface area (Å²) in [5.74, 6) is 0.134. The van der Waals surface area contributed by atoms with Crippen LogP contribution >= 0.6 is 0 Å². The van der Waals surface area contributed by atoms with Crippen LogP contribution in [0.25, 0.3) is 11.3 Å². The van der Waals surface area contributed by atoms with E-state index < -0.39 is 0 Å². The third-order valence-corrected chi connectivity index (χ3v) is 5.00. The smallest absolute Gasteiger partial charge is 0.231 e. The number of carbonyl (C=O) groups excluding carboxylic acids is 1. The van der Waals surface area contributed by atoms with Crippen LogP contribution in [0.5, 0.6) is 0 Å². The molecule has 1 aliphatic heterocycles. The first-order chi connectivity index (χ1) is 14.0. The molecule has 0 unspecified atom stereocenters. The van der Waals surface area contributed by atoms with Crippen molar-refractivity contribution in [2.24, 2.45) is 5.92 Å². The Morgan fingerprint density at radius 3 is 2.83 bits per heavy atom. The minimum Gasteiger partial charge on any atom is -0.371 e. The molecule has 0 saturated carbocycles. The summed E-state index contributed by atoms with van der Waals surface area (Å²) in [7, 11) is 0. The maximum absolute atomic E-state index is 13.2. The van der Waals surface area contributed by atoms with Crippen LogP contribution in [0.2, 0.25) is 0 Å². The highest BCUT2D eigenvalue weighted by molar-refractivity contribution is 5.92. The van der Waals surface area contributed by atoms with E-state index in [1.807, 2.05) is 17.7 Å². The van der Waals surface area contributed by atoms with Crippen LogP contribution in [-0.2, 0) is 16.1 Å². The molecule has 1 aromatic carbocycles. The van der Waals surface area contributed by atoms with Gasteiger partial charge < -0.3 is 10.1 Å². The number of halogens is 1. The first kappa shape index (κ1) is 19.2. The van der Waals surface area contributed by atoms with Crippen LogP contribution in [-0.4, -0.2) is 32.3 Å². The number of hydrogen-bond acceptors (Lipinski definition) is 5. The number of ether oxygens (including phenoxy) is 1. The highest BCUT2D eigenvalue weighted by atomic mass is 19.1. The number of benzene rings is 1. The van der Waals surface area contributed by atoms with Gasteiger partial charge in [-0.15, -0.1) is 0 Å². The minimum atomic E-state index is -0.336. The number of aryl methyl sites for hydroxylation is 2. The molecular weight excluding hydrogens is 373 g/mol. The molecule has 0 bridgehead atoms. The lowest BCUT2D eigenvalue weighted by atomic mass is 9.98. The second-order valence-electron chi connectivity index (χ2n) is 6.94. The van der Waals surface area contributed by atoms with Gasteiger partial charge in [-0.3, -0.25) is 9.48 Å². The van der Waals surface area contributed by atoms with Gasteiger partial charge in [0.15, 0.2) is 0 Å². The molecule has 150 valence electrons. The van der Waals surface area contributed by atoms with Gasteiger partial charge in [-0.25, -0.2) is 14.4 Å². The van der Waals surface area contributed by atoms with E-state index in [9.17, 15) is 9.18 Å². The zero-order valence-electron chi connectivity index (χ0n) is 16.3. The SMILES string of the molecule is CCn1nccc1[C@@H]1OCC[C@H]1C(=O)Nc1cc(-c2ccc(F)cc2)nc(C)n1. The third kappa shape index (κ3) is 4.02. The first-order valence-corrected chi connectivity index (χ1v) is 9.61. The van der Waals surface area contributed by atoms with Crippen molar-refractivity contribution >= 4 is 11.7 Å². The minimum absolute atomic E-state index is 0.153. The molecule has 1 saturated heterocycles. The molecule has 7 nitrogen and oxygen atoms in total. The standard InChI is InChI=1S/C21H22FN5O2/c1-3-27-18(8-10-23-27)20-16(9-11-29-20)21(28)26-19-12-17(24-13(2)25-19)14-4-6-15(22)7-5-14/h4-8,10,12,16,20H,3,9,11H2,1-2H3,(H,24,25,26,28)/t16-,20-/m1/s1. The Balaban J connectivity index is 1.55. The van der Waals surface area contributed by atoms with Gasteiger partial charge in [-0.2, -0.15) is 5.10 Å². The maximum Gasteiger partial charge on any atom is 0.231 e. The summed E-state index contributed by atoms with van der Waals surface area (Å²) in [6.07, 6.45) is 2.01. The van der Waals surface area contributed by atoms with E-state index in [0.29, 0.717) is 36.9 Å². The van der Waals surface area contributed by atoms with Crippen molar-refractivity contribution < 1.29 is 13.9 Å². The van der Waals surface area contributed by atoms with Crippen molar-refractivity contribution in [2.45, 2.75) is 32.9 Å². The van der Waals surface area contributed by atoms with E-state index >= 15 is 0 Å². The lowest BCUT2D eigenvalue weighted by Crippen LogP contribution is -2.27. The van der Waals surface area contributed by atoms with Gasteiger partial charge in [0, 0.05) is 31.0 Å². The zero-order chi connectivity index (χ0) is 20.4. The van der Waals surface area contributed by atoms with E-state index in [4.69, 9.17) is 4.74 Å². The average molecular weight is 395 g/mol. The Kier molecular flexibility index (Phi) is 5.35. The van der Waals surface area contributed by atoms with Gasteiger partial charge in [0.1, 0.15) is 23.6 Å². The number of carbonyl (C=O) groups is 1. The molecule has 29 heavy (non-hydrogen) atoms. The summed E-state index contributed by atoms with van der Waals surface area (Å²) in [6.45, 7) is 4.98. The molecule has 0 spiro atoms. The van der Waals surface area contributed by atoms with Crippen molar-refractivity contribution in [3.8, 4) is 11.3 Å². The van der Waals surface area contributed by atoms with Crippen LogP contribution in [0.4, 0.5) is 10.2 Å². The fourth-order valence-electron chi connectivity index (χ4n) is 3.62. The molecule has 8 heteroatoms. The number of hydrogen-bond donors (Lipinski definition) is 1. The van der Waals surface area contributed by atoms with Gasteiger partial charge in [-0.05, 0) is 50.6 Å². The van der Waals surface area contributed by atoms with E-state index in [2.05, 4.69) is 20.4 Å². The summed E-state index contributed by atoms with van der Waals surface area (Å²) in [6, 6.07) is 9.64. The molecular formula is C21H22FN5O2. The first-order valence-electron chi connectivity index (χ1n) is 9.61. The fourth-order valence-corrected chi connectivity index (χ4v) is 3.62. The molecule has 3 aromatic rings. The fraction of sp³-hybridized carbons (Fsp3) is 0.333. The second kappa shape index (κ2) is 8.08. The van der Waals surface area contributed by atoms with Crippen molar-refractivity contribution in [3.63, 3.8) is 0 Å². The molecule has 0 aliphatic carbocycles. The Hall–Kier alpha value is -3.13. The van der Waals surface area contributed by atoms with Crippen LogP contribution < -0.4 is 5.32 Å². The topological polar surface area (TPSA) is 81.9 Å².